The number of rotatable bonds is 5. The lowest BCUT2D eigenvalue weighted by Gasteiger charge is -2.20. The van der Waals surface area contributed by atoms with Gasteiger partial charge in [-0.2, -0.15) is 4.31 Å². The summed E-state index contributed by atoms with van der Waals surface area (Å²) in [5.74, 6) is 0.0752. The van der Waals surface area contributed by atoms with Crippen LogP contribution in [0.4, 0.5) is 0 Å². The molecule has 23 heavy (non-hydrogen) atoms. The zero-order chi connectivity index (χ0) is 16.9. The smallest absolute Gasteiger partial charge is 0.243 e. The van der Waals surface area contributed by atoms with Gasteiger partial charge in [-0.15, -0.1) is 0 Å². The van der Waals surface area contributed by atoms with E-state index in [0.29, 0.717) is 30.8 Å². The molecule has 0 spiro atoms. The third-order valence-electron chi connectivity index (χ3n) is 4.25. The number of aryl methyl sites for hydroxylation is 1. The standard InChI is InChI=1S/C17H26N2O3S/c1-18(2)17(20)12-9-15-7-10-16(11-8-15)23(21,22)19-13-5-3-4-6-14-19/h7-8,10-11H,3-6,9,12-14H2,1-2H3. The number of hydrogen-bond donors (Lipinski definition) is 0. The third kappa shape index (κ3) is 4.78. The molecule has 1 saturated heterocycles. The van der Waals surface area contributed by atoms with Crippen molar-refractivity contribution in [1.82, 2.24) is 9.21 Å². The van der Waals surface area contributed by atoms with Crippen LogP contribution < -0.4 is 0 Å². The first-order valence-corrected chi connectivity index (χ1v) is 9.64. The van der Waals surface area contributed by atoms with Gasteiger partial charge in [0.25, 0.3) is 0 Å². The van der Waals surface area contributed by atoms with Crippen LogP contribution in [0.2, 0.25) is 0 Å². The average molecular weight is 338 g/mol. The number of amides is 1. The van der Waals surface area contributed by atoms with E-state index in [0.717, 1.165) is 31.2 Å². The summed E-state index contributed by atoms with van der Waals surface area (Å²) in [5, 5.41) is 0. The first-order valence-electron chi connectivity index (χ1n) is 8.20. The van der Waals surface area contributed by atoms with Crippen molar-refractivity contribution in [3.8, 4) is 0 Å². The summed E-state index contributed by atoms with van der Waals surface area (Å²) in [6.45, 7) is 1.23. The maximum absolute atomic E-state index is 12.7. The molecule has 1 aliphatic heterocycles. The Morgan fingerprint density at radius 1 is 1.04 bits per heavy atom. The largest absolute Gasteiger partial charge is 0.349 e. The number of carbonyl (C=O) groups excluding carboxylic acids is 1. The molecule has 6 heteroatoms. The zero-order valence-corrected chi connectivity index (χ0v) is 14.8. The molecule has 0 saturated carbocycles. The fourth-order valence-electron chi connectivity index (χ4n) is 2.73. The molecule has 0 atom stereocenters. The van der Waals surface area contributed by atoms with Gasteiger partial charge in [0, 0.05) is 33.6 Å². The van der Waals surface area contributed by atoms with Crippen molar-refractivity contribution in [1.29, 1.82) is 0 Å². The van der Waals surface area contributed by atoms with Gasteiger partial charge in [0.1, 0.15) is 0 Å². The quantitative estimate of drug-likeness (QED) is 0.827. The molecule has 1 aliphatic rings. The summed E-state index contributed by atoms with van der Waals surface area (Å²) >= 11 is 0. The molecule has 5 nitrogen and oxygen atoms in total. The molecule has 1 aromatic carbocycles. The highest BCUT2D eigenvalue weighted by Crippen LogP contribution is 2.21. The molecule has 128 valence electrons. The SMILES string of the molecule is CN(C)C(=O)CCc1ccc(S(=O)(=O)N2CCCCCC2)cc1. The maximum atomic E-state index is 12.7. The van der Waals surface area contributed by atoms with E-state index in [1.807, 2.05) is 12.1 Å². The Morgan fingerprint density at radius 3 is 2.13 bits per heavy atom. The Morgan fingerprint density at radius 2 is 1.61 bits per heavy atom. The molecule has 0 N–H and O–H groups in total. The van der Waals surface area contributed by atoms with Crippen molar-refractivity contribution in [2.24, 2.45) is 0 Å². The van der Waals surface area contributed by atoms with Crippen LogP contribution >= 0.6 is 0 Å². The molecule has 1 amide bonds. The summed E-state index contributed by atoms with van der Waals surface area (Å²) in [6, 6.07) is 6.95. The number of benzene rings is 1. The average Bonchev–Trinajstić information content (AvgIpc) is 2.82. The highest BCUT2D eigenvalue weighted by atomic mass is 32.2. The van der Waals surface area contributed by atoms with Crippen LogP contribution in [0, 0.1) is 0 Å². The lowest BCUT2D eigenvalue weighted by atomic mass is 10.1. The van der Waals surface area contributed by atoms with Gasteiger partial charge in [0.15, 0.2) is 0 Å². The molecule has 0 bridgehead atoms. The van der Waals surface area contributed by atoms with E-state index in [-0.39, 0.29) is 5.91 Å². The second-order valence-electron chi connectivity index (χ2n) is 6.25. The van der Waals surface area contributed by atoms with Crippen LogP contribution in [-0.4, -0.2) is 50.7 Å². The topological polar surface area (TPSA) is 57.7 Å². The van der Waals surface area contributed by atoms with Crippen molar-refractivity contribution in [3.05, 3.63) is 29.8 Å². The van der Waals surface area contributed by atoms with Gasteiger partial charge in [-0.05, 0) is 37.0 Å². The zero-order valence-electron chi connectivity index (χ0n) is 14.0. The second kappa shape index (κ2) is 7.93. The number of carbonyl (C=O) groups is 1. The van der Waals surface area contributed by atoms with E-state index < -0.39 is 10.0 Å². The summed E-state index contributed by atoms with van der Waals surface area (Å²) in [6.07, 6.45) is 5.13. The molecule has 0 aromatic heterocycles. The van der Waals surface area contributed by atoms with Gasteiger partial charge in [0.2, 0.25) is 15.9 Å². The molecule has 0 aliphatic carbocycles. The van der Waals surface area contributed by atoms with Crippen LogP contribution in [0.15, 0.2) is 29.2 Å². The van der Waals surface area contributed by atoms with Crippen molar-refractivity contribution in [2.75, 3.05) is 27.2 Å². The minimum Gasteiger partial charge on any atom is -0.349 e. The maximum Gasteiger partial charge on any atom is 0.243 e. The van der Waals surface area contributed by atoms with E-state index in [4.69, 9.17) is 0 Å². The molecule has 2 rings (SSSR count). The fraction of sp³-hybridized carbons (Fsp3) is 0.588. The fourth-order valence-corrected chi connectivity index (χ4v) is 4.25. The number of sulfonamides is 1. The van der Waals surface area contributed by atoms with Crippen LogP contribution in [-0.2, 0) is 21.2 Å². The van der Waals surface area contributed by atoms with Crippen LogP contribution in [0.25, 0.3) is 0 Å². The summed E-state index contributed by atoms with van der Waals surface area (Å²) in [4.78, 5) is 13.5. The number of nitrogens with zero attached hydrogens (tertiary/aromatic N) is 2. The predicted molar refractivity (Wildman–Crippen MR) is 90.7 cm³/mol. The van der Waals surface area contributed by atoms with Crippen molar-refractivity contribution < 1.29 is 13.2 Å². The summed E-state index contributed by atoms with van der Waals surface area (Å²) in [7, 11) is 0.0820. The molecule has 1 fully saturated rings. The lowest BCUT2D eigenvalue weighted by molar-refractivity contribution is -0.128. The van der Waals surface area contributed by atoms with E-state index in [2.05, 4.69) is 0 Å². The first kappa shape index (κ1) is 17.9. The van der Waals surface area contributed by atoms with Gasteiger partial charge in [-0.1, -0.05) is 25.0 Å². The van der Waals surface area contributed by atoms with Crippen LogP contribution in [0.5, 0.6) is 0 Å². The van der Waals surface area contributed by atoms with Gasteiger partial charge >= 0.3 is 0 Å². The van der Waals surface area contributed by atoms with Gasteiger partial charge < -0.3 is 4.90 Å². The Bertz CT molecular complexity index is 616. The molecule has 1 aromatic rings. The second-order valence-corrected chi connectivity index (χ2v) is 8.19. The molecular weight excluding hydrogens is 312 g/mol. The van der Waals surface area contributed by atoms with Crippen molar-refractivity contribution in [3.63, 3.8) is 0 Å². The molecular formula is C17H26N2O3S. The Balaban J connectivity index is 2.04. The summed E-state index contributed by atoms with van der Waals surface area (Å²) in [5.41, 5.74) is 0.981. The highest BCUT2D eigenvalue weighted by molar-refractivity contribution is 7.89. The van der Waals surface area contributed by atoms with Gasteiger partial charge in [-0.25, -0.2) is 8.42 Å². The Hall–Kier alpha value is -1.40. The predicted octanol–water partition coefficient (Wildman–Crippen LogP) is 2.27. The van der Waals surface area contributed by atoms with E-state index in [9.17, 15) is 13.2 Å². The van der Waals surface area contributed by atoms with E-state index >= 15 is 0 Å². The Kier molecular flexibility index (Phi) is 6.18. The normalized spacial score (nSPS) is 16.8. The van der Waals surface area contributed by atoms with Gasteiger partial charge in [0.05, 0.1) is 4.90 Å². The third-order valence-corrected chi connectivity index (χ3v) is 6.17. The molecule has 0 radical (unpaired) electrons. The van der Waals surface area contributed by atoms with Crippen molar-refractivity contribution in [2.45, 2.75) is 43.4 Å². The first-order chi connectivity index (χ1) is 10.9. The highest BCUT2D eigenvalue weighted by Gasteiger charge is 2.24. The summed E-state index contributed by atoms with van der Waals surface area (Å²) < 4.78 is 26.9. The monoisotopic (exact) mass is 338 g/mol. The Labute approximate surface area is 139 Å². The van der Waals surface area contributed by atoms with Crippen LogP contribution in [0.3, 0.4) is 0 Å². The van der Waals surface area contributed by atoms with Gasteiger partial charge in [-0.3, -0.25) is 4.79 Å². The van der Waals surface area contributed by atoms with E-state index in [1.165, 1.54) is 0 Å². The molecule has 1 heterocycles. The number of hydrogen-bond acceptors (Lipinski definition) is 3. The molecule has 0 unspecified atom stereocenters. The van der Waals surface area contributed by atoms with E-state index in [1.54, 1.807) is 35.4 Å². The van der Waals surface area contributed by atoms with Crippen LogP contribution in [0.1, 0.15) is 37.7 Å². The van der Waals surface area contributed by atoms with Crippen molar-refractivity contribution >= 4 is 15.9 Å². The minimum atomic E-state index is -3.39. The minimum absolute atomic E-state index is 0.0752. The lowest BCUT2D eigenvalue weighted by Crippen LogP contribution is -2.31.